The van der Waals surface area contributed by atoms with Gasteiger partial charge in [0.2, 0.25) is 0 Å². The molecule has 5 heteroatoms. The van der Waals surface area contributed by atoms with Crippen molar-refractivity contribution in [2.45, 2.75) is 26.2 Å². The van der Waals surface area contributed by atoms with Crippen LogP contribution in [-0.4, -0.2) is 17.0 Å². The lowest BCUT2D eigenvalue weighted by molar-refractivity contribution is 0.0697. The van der Waals surface area contributed by atoms with Gasteiger partial charge in [-0.25, -0.2) is 4.79 Å². The van der Waals surface area contributed by atoms with Gasteiger partial charge in [0.1, 0.15) is 0 Å². The van der Waals surface area contributed by atoms with Crippen LogP contribution in [0.1, 0.15) is 47.1 Å². The number of carbonyl (C=O) groups excluding carboxylic acids is 1. The van der Waals surface area contributed by atoms with Crippen molar-refractivity contribution in [2.24, 2.45) is 0 Å². The van der Waals surface area contributed by atoms with Crippen molar-refractivity contribution < 1.29 is 14.7 Å². The summed E-state index contributed by atoms with van der Waals surface area (Å²) in [7, 11) is 0. The lowest BCUT2D eigenvalue weighted by Crippen LogP contribution is -2.14. The first kappa shape index (κ1) is 16.5. The Bertz CT molecular complexity index is 744. The molecule has 5 nitrogen and oxygen atoms in total. The van der Waals surface area contributed by atoms with E-state index >= 15 is 0 Å². The van der Waals surface area contributed by atoms with E-state index in [2.05, 4.69) is 26.1 Å². The number of hydrogen-bond donors (Lipinski definition) is 3. The van der Waals surface area contributed by atoms with Crippen molar-refractivity contribution in [3.8, 4) is 0 Å². The molecule has 0 aliphatic rings. The third-order valence-electron chi connectivity index (χ3n) is 3.55. The molecule has 0 saturated heterocycles. The summed E-state index contributed by atoms with van der Waals surface area (Å²) in [5.74, 6) is -1.45. The van der Waals surface area contributed by atoms with Crippen LogP contribution in [-0.2, 0) is 5.41 Å². The molecule has 0 aliphatic carbocycles. The van der Waals surface area contributed by atoms with E-state index in [1.165, 1.54) is 23.8 Å². The predicted molar refractivity (Wildman–Crippen MR) is 90.9 cm³/mol. The topological polar surface area (TPSA) is 92.4 Å². The Hall–Kier alpha value is -2.82. The number of benzene rings is 2. The van der Waals surface area contributed by atoms with Crippen molar-refractivity contribution in [1.82, 2.24) is 0 Å². The zero-order valence-electron chi connectivity index (χ0n) is 13.4. The number of carboxylic acid groups (broad SMARTS) is 1. The van der Waals surface area contributed by atoms with E-state index in [9.17, 15) is 9.59 Å². The molecular weight excluding hydrogens is 292 g/mol. The number of nitrogen functional groups attached to an aromatic ring is 1. The average molecular weight is 312 g/mol. The standard InChI is InChI=1S/C18H20N2O3/c1-18(2,3)12-5-7-13(8-6-12)20-16(21)11-4-9-14(17(22)23)15(19)10-11/h4-10H,19H2,1-3H3,(H,20,21)(H,22,23). The number of carbonyl (C=O) groups is 2. The number of anilines is 2. The molecule has 0 spiro atoms. The number of hydrogen-bond acceptors (Lipinski definition) is 3. The van der Waals surface area contributed by atoms with Gasteiger partial charge in [-0.1, -0.05) is 32.9 Å². The van der Waals surface area contributed by atoms with Gasteiger partial charge in [0.05, 0.1) is 5.56 Å². The fourth-order valence-corrected chi connectivity index (χ4v) is 2.16. The molecule has 0 atom stereocenters. The third-order valence-corrected chi connectivity index (χ3v) is 3.55. The third kappa shape index (κ3) is 3.88. The molecule has 0 fully saturated rings. The molecule has 0 aliphatic heterocycles. The van der Waals surface area contributed by atoms with Crippen LogP contribution in [0.15, 0.2) is 42.5 Å². The number of rotatable bonds is 3. The second-order valence-corrected chi connectivity index (χ2v) is 6.39. The van der Waals surface area contributed by atoms with Crippen LogP contribution in [0.2, 0.25) is 0 Å². The first-order valence-corrected chi connectivity index (χ1v) is 7.23. The number of carboxylic acids is 1. The highest BCUT2D eigenvalue weighted by Gasteiger charge is 2.14. The molecule has 4 N–H and O–H groups in total. The van der Waals surface area contributed by atoms with E-state index < -0.39 is 5.97 Å². The number of aromatic carboxylic acids is 1. The molecule has 0 heterocycles. The van der Waals surface area contributed by atoms with Gasteiger partial charge in [0, 0.05) is 16.9 Å². The summed E-state index contributed by atoms with van der Waals surface area (Å²) in [6.45, 7) is 6.36. The quantitative estimate of drug-likeness (QED) is 0.756. The van der Waals surface area contributed by atoms with E-state index in [1.807, 2.05) is 24.3 Å². The number of nitrogens with two attached hydrogens (primary N) is 1. The normalized spacial score (nSPS) is 11.1. The first-order valence-electron chi connectivity index (χ1n) is 7.23. The van der Waals surface area contributed by atoms with E-state index in [0.29, 0.717) is 11.3 Å². The molecule has 23 heavy (non-hydrogen) atoms. The molecule has 0 radical (unpaired) electrons. The number of amides is 1. The minimum atomic E-state index is -1.12. The SMILES string of the molecule is CC(C)(C)c1ccc(NC(=O)c2ccc(C(=O)O)c(N)c2)cc1. The Morgan fingerprint density at radius 2 is 1.65 bits per heavy atom. The summed E-state index contributed by atoms with van der Waals surface area (Å²) in [5.41, 5.74) is 7.91. The summed E-state index contributed by atoms with van der Waals surface area (Å²) < 4.78 is 0. The summed E-state index contributed by atoms with van der Waals surface area (Å²) in [6.07, 6.45) is 0. The molecule has 0 saturated carbocycles. The lowest BCUT2D eigenvalue weighted by atomic mass is 9.87. The second kappa shape index (κ2) is 6.12. The van der Waals surface area contributed by atoms with Gasteiger partial charge in [-0.05, 0) is 41.3 Å². The van der Waals surface area contributed by atoms with Gasteiger partial charge in [0.15, 0.2) is 0 Å². The highest BCUT2D eigenvalue weighted by atomic mass is 16.4. The molecule has 120 valence electrons. The van der Waals surface area contributed by atoms with Crippen LogP contribution in [0.5, 0.6) is 0 Å². The van der Waals surface area contributed by atoms with Crippen LogP contribution in [0.4, 0.5) is 11.4 Å². The largest absolute Gasteiger partial charge is 0.478 e. The molecule has 2 aromatic carbocycles. The highest BCUT2D eigenvalue weighted by molar-refractivity contribution is 6.06. The first-order chi connectivity index (χ1) is 10.7. The Kier molecular flexibility index (Phi) is 4.40. The monoisotopic (exact) mass is 312 g/mol. The van der Waals surface area contributed by atoms with Gasteiger partial charge in [0.25, 0.3) is 5.91 Å². The summed E-state index contributed by atoms with van der Waals surface area (Å²) in [4.78, 5) is 23.1. The Morgan fingerprint density at radius 1 is 1.04 bits per heavy atom. The zero-order valence-corrected chi connectivity index (χ0v) is 13.4. The van der Waals surface area contributed by atoms with E-state index in [0.717, 1.165) is 0 Å². The van der Waals surface area contributed by atoms with E-state index in [-0.39, 0.29) is 22.6 Å². The Labute approximate surface area is 135 Å². The molecule has 1 amide bonds. The number of nitrogens with one attached hydrogen (secondary N) is 1. The molecular formula is C18H20N2O3. The molecule has 0 unspecified atom stereocenters. The van der Waals surface area contributed by atoms with Crippen LogP contribution in [0.3, 0.4) is 0 Å². The molecule has 2 rings (SSSR count). The summed E-state index contributed by atoms with van der Waals surface area (Å²) in [5, 5.41) is 11.7. The minimum absolute atomic E-state index is 0.0175. The zero-order chi connectivity index (χ0) is 17.2. The van der Waals surface area contributed by atoms with Gasteiger partial charge < -0.3 is 16.2 Å². The predicted octanol–water partition coefficient (Wildman–Crippen LogP) is 3.52. The van der Waals surface area contributed by atoms with Gasteiger partial charge >= 0.3 is 5.97 Å². The maximum absolute atomic E-state index is 12.2. The molecule has 0 aromatic heterocycles. The van der Waals surface area contributed by atoms with Crippen molar-refractivity contribution in [1.29, 1.82) is 0 Å². The lowest BCUT2D eigenvalue weighted by Gasteiger charge is -2.19. The fourth-order valence-electron chi connectivity index (χ4n) is 2.16. The van der Waals surface area contributed by atoms with Crippen molar-refractivity contribution in [2.75, 3.05) is 11.1 Å². The maximum atomic E-state index is 12.2. The van der Waals surface area contributed by atoms with Crippen LogP contribution in [0.25, 0.3) is 0 Å². The van der Waals surface area contributed by atoms with Crippen LogP contribution < -0.4 is 11.1 Å². The summed E-state index contributed by atoms with van der Waals surface area (Å²) in [6, 6.07) is 11.8. The van der Waals surface area contributed by atoms with Gasteiger partial charge in [-0.3, -0.25) is 4.79 Å². The van der Waals surface area contributed by atoms with Crippen molar-refractivity contribution >= 4 is 23.3 Å². The minimum Gasteiger partial charge on any atom is -0.478 e. The Balaban J connectivity index is 2.16. The Morgan fingerprint density at radius 3 is 2.13 bits per heavy atom. The van der Waals surface area contributed by atoms with Gasteiger partial charge in [-0.15, -0.1) is 0 Å². The van der Waals surface area contributed by atoms with Crippen molar-refractivity contribution in [3.05, 3.63) is 59.2 Å². The summed E-state index contributed by atoms with van der Waals surface area (Å²) >= 11 is 0. The smallest absolute Gasteiger partial charge is 0.337 e. The average Bonchev–Trinajstić information content (AvgIpc) is 2.46. The fraction of sp³-hybridized carbons (Fsp3) is 0.222. The molecule has 0 bridgehead atoms. The second-order valence-electron chi connectivity index (χ2n) is 6.39. The molecule has 2 aromatic rings. The van der Waals surface area contributed by atoms with E-state index in [4.69, 9.17) is 10.8 Å². The van der Waals surface area contributed by atoms with Gasteiger partial charge in [-0.2, -0.15) is 0 Å². The highest BCUT2D eigenvalue weighted by Crippen LogP contribution is 2.24. The van der Waals surface area contributed by atoms with Crippen LogP contribution >= 0.6 is 0 Å². The van der Waals surface area contributed by atoms with Crippen LogP contribution in [0, 0.1) is 0 Å². The maximum Gasteiger partial charge on any atom is 0.337 e. The van der Waals surface area contributed by atoms with E-state index in [1.54, 1.807) is 0 Å². The van der Waals surface area contributed by atoms with Crippen molar-refractivity contribution in [3.63, 3.8) is 0 Å².